The number of hydrogen-bond donors (Lipinski definition) is 1. The predicted molar refractivity (Wildman–Crippen MR) is 56.7 cm³/mol. The number of cyclic esters (lactones) is 1. The van der Waals surface area contributed by atoms with Crippen LogP contribution in [0.3, 0.4) is 0 Å². The van der Waals surface area contributed by atoms with E-state index in [-0.39, 0.29) is 6.61 Å². The Kier molecular flexibility index (Phi) is 3.14. The second kappa shape index (κ2) is 4.59. The van der Waals surface area contributed by atoms with Crippen molar-refractivity contribution in [1.82, 2.24) is 10.2 Å². The fourth-order valence-corrected chi connectivity index (χ4v) is 1.73. The van der Waals surface area contributed by atoms with E-state index in [0.717, 1.165) is 17.0 Å². The van der Waals surface area contributed by atoms with E-state index >= 15 is 0 Å². The third kappa shape index (κ3) is 1.99. The summed E-state index contributed by atoms with van der Waals surface area (Å²) in [6, 6.07) is 1.77. The molecule has 0 aliphatic carbocycles. The van der Waals surface area contributed by atoms with E-state index in [0.29, 0.717) is 5.56 Å². The number of halogens is 2. The molecule has 2 rings (SSSR count). The van der Waals surface area contributed by atoms with Crippen LogP contribution in [0.25, 0.3) is 0 Å². The highest BCUT2D eigenvalue weighted by Crippen LogP contribution is 2.28. The minimum atomic E-state index is -1.04. The summed E-state index contributed by atoms with van der Waals surface area (Å²) in [7, 11) is 1.36. The first kappa shape index (κ1) is 12.3. The molecule has 18 heavy (non-hydrogen) atoms. The monoisotopic (exact) mass is 256 g/mol. The van der Waals surface area contributed by atoms with E-state index in [1.807, 2.05) is 0 Å². The molecule has 0 spiro atoms. The minimum Gasteiger partial charge on any atom is -0.446 e. The summed E-state index contributed by atoms with van der Waals surface area (Å²) >= 11 is 0. The second-order valence-electron chi connectivity index (χ2n) is 3.69. The Morgan fingerprint density at radius 2 is 2.17 bits per heavy atom. The number of imide groups is 1. The zero-order valence-corrected chi connectivity index (χ0v) is 9.44. The van der Waals surface area contributed by atoms with Gasteiger partial charge in [0, 0.05) is 7.05 Å². The number of benzene rings is 1. The summed E-state index contributed by atoms with van der Waals surface area (Å²) in [5.74, 6) is -2.03. The maximum Gasteiger partial charge on any atom is 0.418 e. The Labute approximate surface area is 101 Å². The van der Waals surface area contributed by atoms with E-state index < -0.39 is 29.8 Å². The first-order valence-electron chi connectivity index (χ1n) is 5.17. The van der Waals surface area contributed by atoms with Crippen molar-refractivity contribution in [3.05, 3.63) is 35.4 Å². The number of rotatable bonds is 1. The topological polar surface area (TPSA) is 58.6 Å². The van der Waals surface area contributed by atoms with Gasteiger partial charge in [-0.3, -0.25) is 0 Å². The predicted octanol–water partition coefficient (Wildman–Crippen LogP) is 1.80. The van der Waals surface area contributed by atoms with Crippen LogP contribution in [0.5, 0.6) is 0 Å². The molecule has 1 heterocycles. The Morgan fingerprint density at radius 1 is 1.44 bits per heavy atom. The van der Waals surface area contributed by atoms with Gasteiger partial charge >= 0.3 is 12.1 Å². The van der Waals surface area contributed by atoms with Crippen LogP contribution in [0.2, 0.25) is 0 Å². The lowest BCUT2D eigenvalue weighted by Gasteiger charge is -2.19. The number of carbonyl (C=O) groups is 2. The Balaban J connectivity index is 2.34. The molecule has 5 nitrogen and oxygen atoms in total. The van der Waals surface area contributed by atoms with Gasteiger partial charge in [-0.2, -0.15) is 0 Å². The molecule has 0 aromatic heterocycles. The molecule has 96 valence electrons. The summed E-state index contributed by atoms with van der Waals surface area (Å²) in [6.07, 6.45) is -0.816. The van der Waals surface area contributed by atoms with Gasteiger partial charge < -0.3 is 10.1 Å². The van der Waals surface area contributed by atoms with E-state index in [1.165, 1.54) is 13.1 Å². The molecule has 0 saturated carbocycles. The van der Waals surface area contributed by atoms with E-state index in [4.69, 9.17) is 4.74 Å². The van der Waals surface area contributed by atoms with Crippen molar-refractivity contribution in [2.24, 2.45) is 0 Å². The van der Waals surface area contributed by atoms with Crippen molar-refractivity contribution in [2.45, 2.75) is 6.04 Å². The van der Waals surface area contributed by atoms with Gasteiger partial charge in [0.2, 0.25) is 0 Å². The number of nitrogens with zero attached hydrogens (tertiary/aromatic N) is 1. The number of ether oxygens (including phenoxy) is 1. The number of hydrogen-bond acceptors (Lipinski definition) is 3. The maximum atomic E-state index is 13.1. The highest BCUT2D eigenvalue weighted by Gasteiger charge is 2.38. The van der Waals surface area contributed by atoms with Crippen molar-refractivity contribution < 1.29 is 23.1 Å². The third-order valence-corrected chi connectivity index (χ3v) is 2.63. The zero-order valence-electron chi connectivity index (χ0n) is 9.44. The number of urea groups is 1. The van der Waals surface area contributed by atoms with Gasteiger partial charge in [0.1, 0.15) is 12.6 Å². The van der Waals surface area contributed by atoms with Gasteiger partial charge in [-0.1, -0.05) is 6.07 Å². The Hall–Kier alpha value is -2.18. The Bertz CT molecular complexity index is 507. The number of nitrogens with one attached hydrogen (secondary N) is 1. The van der Waals surface area contributed by atoms with Crippen LogP contribution in [0.4, 0.5) is 18.4 Å². The van der Waals surface area contributed by atoms with Crippen LogP contribution in [-0.2, 0) is 4.74 Å². The summed E-state index contributed by atoms with van der Waals surface area (Å²) in [5.41, 5.74) is 0.295. The largest absolute Gasteiger partial charge is 0.446 e. The lowest BCUT2D eigenvalue weighted by molar-refractivity contribution is 0.158. The average Bonchev–Trinajstić information content (AvgIpc) is 2.74. The van der Waals surface area contributed by atoms with E-state index in [2.05, 4.69) is 5.32 Å². The highest BCUT2D eigenvalue weighted by atomic mass is 19.2. The molecule has 0 bridgehead atoms. The molecular formula is C11H10F2N2O3. The normalized spacial score (nSPS) is 18.7. The van der Waals surface area contributed by atoms with Crippen LogP contribution in [-0.4, -0.2) is 30.7 Å². The van der Waals surface area contributed by atoms with Crippen molar-refractivity contribution in [3.63, 3.8) is 0 Å². The van der Waals surface area contributed by atoms with Crippen LogP contribution < -0.4 is 5.32 Å². The van der Waals surface area contributed by atoms with Gasteiger partial charge in [-0.15, -0.1) is 0 Å². The lowest BCUT2D eigenvalue weighted by atomic mass is 10.1. The lowest BCUT2D eigenvalue weighted by Crippen LogP contribution is -2.40. The summed E-state index contributed by atoms with van der Waals surface area (Å²) in [6.45, 7) is -0.0860. The van der Waals surface area contributed by atoms with Gasteiger partial charge in [0.05, 0.1) is 0 Å². The molecular weight excluding hydrogens is 246 g/mol. The molecule has 1 aromatic rings. The maximum absolute atomic E-state index is 13.1. The summed E-state index contributed by atoms with van der Waals surface area (Å²) in [4.78, 5) is 23.7. The molecule has 0 radical (unpaired) electrons. The van der Waals surface area contributed by atoms with Crippen molar-refractivity contribution in [3.8, 4) is 0 Å². The third-order valence-electron chi connectivity index (χ3n) is 2.63. The minimum absolute atomic E-state index is 0.0860. The van der Waals surface area contributed by atoms with Crippen molar-refractivity contribution in [2.75, 3.05) is 13.7 Å². The van der Waals surface area contributed by atoms with Gasteiger partial charge in [-0.05, 0) is 17.7 Å². The van der Waals surface area contributed by atoms with Crippen LogP contribution in [0.15, 0.2) is 18.2 Å². The molecule has 1 aromatic carbocycles. The molecule has 1 N–H and O–H groups in total. The van der Waals surface area contributed by atoms with Crippen molar-refractivity contribution in [1.29, 1.82) is 0 Å². The highest BCUT2D eigenvalue weighted by molar-refractivity contribution is 5.92. The van der Waals surface area contributed by atoms with Crippen LogP contribution in [0.1, 0.15) is 11.6 Å². The van der Waals surface area contributed by atoms with Gasteiger partial charge in [0.25, 0.3) is 0 Å². The molecule has 1 aliphatic heterocycles. The van der Waals surface area contributed by atoms with Gasteiger partial charge in [0.15, 0.2) is 11.6 Å². The molecule has 0 unspecified atom stereocenters. The molecule has 1 aliphatic rings. The van der Waals surface area contributed by atoms with Crippen molar-refractivity contribution >= 4 is 12.1 Å². The van der Waals surface area contributed by atoms with E-state index in [1.54, 1.807) is 0 Å². The first-order chi connectivity index (χ1) is 8.54. The first-order valence-corrected chi connectivity index (χ1v) is 5.17. The molecule has 1 saturated heterocycles. The summed E-state index contributed by atoms with van der Waals surface area (Å²) < 4.78 is 30.7. The summed E-state index contributed by atoms with van der Waals surface area (Å²) in [5, 5.41) is 2.28. The average molecular weight is 256 g/mol. The zero-order chi connectivity index (χ0) is 13.3. The van der Waals surface area contributed by atoms with E-state index in [9.17, 15) is 18.4 Å². The smallest absolute Gasteiger partial charge is 0.418 e. The second-order valence-corrected chi connectivity index (χ2v) is 3.69. The van der Waals surface area contributed by atoms with Gasteiger partial charge in [-0.25, -0.2) is 23.3 Å². The fraction of sp³-hybridized carbons (Fsp3) is 0.273. The molecule has 1 fully saturated rings. The Morgan fingerprint density at radius 3 is 2.78 bits per heavy atom. The molecule has 1 atom stereocenters. The fourth-order valence-electron chi connectivity index (χ4n) is 1.73. The standard InChI is InChI=1S/C11H10F2N2O3/c1-14-10(16)15-9(5-18-11(15)17)6-2-3-7(12)8(13)4-6/h2-4,9H,5H2,1H3,(H,14,16)/t9-/m1/s1. The van der Waals surface area contributed by atoms with Crippen LogP contribution >= 0.6 is 0 Å². The molecule has 7 heteroatoms. The quantitative estimate of drug-likeness (QED) is 0.833. The molecule has 3 amide bonds. The SMILES string of the molecule is CNC(=O)N1C(=O)OC[C@@H]1c1ccc(F)c(F)c1. The number of carbonyl (C=O) groups excluding carboxylic acids is 2. The van der Waals surface area contributed by atoms with Crippen LogP contribution in [0, 0.1) is 11.6 Å². The number of amides is 3.